The Bertz CT molecular complexity index is 1150. The highest BCUT2D eigenvalue weighted by atomic mass is 32.2. The zero-order chi connectivity index (χ0) is 20.4. The van der Waals surface area contributed by atoms with Crippen molar-refractivity contribution in [2.45, 2.75) is 18.4 Å². The Labute approximate surface area is 168 Å². The van der Waals surface area contributed by atoms with Gasteiger partial charge in [-0.1, -0.05) is 12.1 Å². The summed E-state index contributed by atoms with van der Waals surface area (Å²) in [5.74, 6) is -0.562. The number of carbonyl (C=O) groups excluding carboxylic acids is 1. The number of morpholine rings is 1. The van der Waals surface area contributed by atoms with Crippen molar-refractivity contribution in [1.82, 2.24) is 13.7 Å². The van der Waals surface area contributed by atoms with Crippen molar-refractivity contribution in [3.05, 3.63) is 65.6 Å². The summed E-state index contributed by atoms with van der Waals surface area (Å²) in [5.41, 5.74) is 2.50. The summed E-state index contributed by atoms with van der Waals surface area (Å²) < 4.78 is 39.3. The van der Waals surface area contributed by atoms with Gasteiger partial charge in [0.1, 0.15) is 12.3 Å². The molecular formula is C20H21N3O5S. The lowest BCUT2D eigenvalue weighted by Crippen LogP contribution is -2.40. The molecule has 0 spiro atoms. The van der Waals surface area contributed by atoms with Crippen molar-refractivity contribution in [3.8, 4) is 0 Å². The van der Waals surface area contributed by atoms with Crippen molar-refractivity contribution < 1.29 is 22.7 Å². The molecule has 29 heavy (non-hydrogen) atoms. The molecule has 1 saturated heterocycles. The van der Waals surface area contributed by atoms with Crippen molar-refractivity contribution in [3.63, 3.8) is 0 Å². The van der Waals surface area contributed by atoms with Gasteiger partial charge in [0.15, 0.2) is 5.69 Å². The maximum absolute atomic E-state index is 12.8. The smallest absolute Gasteiger partial charge is 0.358 e. The van der Waals surface area contributed by atoms with Gasteiger partial charge in [0.25, 0.3) is 0 Å². The number of aromatic nitrogens is 2. The van der Waals surface area contributed by atoms with Crippen molar-refractivity contribution >= 4 is 21.6 Å². The number of aryl methyl sites for hydroxylation is 1. The fraction of sp³-hybridized carbons (Fsp3) is 0.300. The van der Waals surface area contributed by atoms with Gasteiger partial charge in [-0.15, -0.1) is 0 Å². The molecule has 3 aromatic rings. The molecule has 0 unspecified atom stereocenters. The SMILES string of the molecule is Cc1ccn2cc(C(=O)OCc3cccc(S(=O)(=O)N4CCOCC4)c3)nc2c1. The first-order chi connectivity index (χ1) is 13.9. The first-order valence-corrected chi connectivity index (χ1v) is 10.7. The van der Waals surface area contributed by atoms with E-state index in [0.717, 1.165) is 5.56 Å². The highest BCUT2D eigenvalue weighted by Crippen LogP contribution is 2.19. The largest absolute Gasteiger partial charge is 0.456 e. The van der Waals surface area contributed by atoms with Crippen LogP contribution in [0.2, 0.25) is 0 Å². The van der Waals surface area contributed by atoms with Crippen molar-refractivity contribution in [2.24, 2.45) is 0 Å². The predicted molar refractivity (Wildman–Crippen MR) is 105 cm³/mol. The van der Waals surface area contributed by atoms with E-state index >= 15 is 0 Å². The summed E-state index contributed by atoms with van der Waals surface area (Å²) in [5, 5.41) is 0. The lowest BCUT2D eigenvalue weighted by molar-refractivity contribution is 0.0466. The summed E-state index contributed by atoms with van der Waals surface area (Å²) in [7, 11) is -3.60. The number of imidazole rings is 1. The van der Waals surface area contributed by atoms with E-state index in [1.165, 1.54) is 10.4 Å². The summed E-state index contributed by atoms with van der Waals surface area (Å²) in [6.45, 7) is 3.33. The van der Waals surface area contributed by atoms with Crippen molar-refractivity contribution in [1.29, 1.82) is 0 Å². The second-order valence-electron chi connectivity index (χ2n) is 6.84. The number of hydrogen-bond donors (Lipinski definition) is 0. The molecule has 8 nitrogen and oxygen atoms in total. The van der Waals surface area contributed by atoms with Gasteiger partial charge in [0.2, 0.25) is 10.0 Å². The number of carbonyl (C=O) groups is 1. The van der Waals surface area contributed by atoms with Crippen LogP contribution >= 0.6 is 0 Å². The zero-order valence-corrected chi connectivity index (χ0v) is 16.8. The highest BCUT2D eigenvalue weighted by Gasteiger charge is 2.26. The lowest BCUT2D eigenvalue weighted by Gasteiger charge is -2.26. The van der Waals surface area contributed by atoms with E-state index < -0.39 is 16.0 Å². The van der Waals surface area contributed by atoms with E-state index in [1.807, 2.05) is 25.3 Å². The molecule has 1 fully saturated rings. The van der Waals surface area contributed by atoms with E-state index in [2.05, 4.69) is 4.98 Å². The van der Waals surface area contributed by atoms with Gasteiger partial charge in [-0.25, -0.2) is 18.2 Å². The van der Waals surface area contributed by atoms with Crippen LogP contribution in [-0.4, -0.2) is 54.4 Å². The molecule has 3 heterocycles. The van der Waals surface area contributed by atoms with E-state index in [1.54, 1.807) is 28.8 Å². The molecule has 4 rings (SSSR count). The fourth-order valence-corrected chi connectivity index (χ4v) is 4.62. The standard InChI is InChI=1S/C20H21N3O5S/c1-15-5-6-22-13-18(21-19(22)11-15)20(24)28-14-16-3-2-4-17(12-16)29(25,26)23-7-9-27-10-8-23/h2-6,11-13H,7-10,14H2,1H3. The van der Waals surface area contributed by atoms with E-state index in [9.17, 15) is 13.2 Å². The van der Waals surface area contributed by atoms with Crippen LogP contribution < -0.4 is 0 Å². The average Bonchev–Trinajstić information content (AvgIpc) is 3.16. The van der Waals surface area contributed by atoms with E-state index in [4.69, 9.17) is 9.47 Å². The fourth-order valence-electron chi connectivity index (χ4n) is 3.14. The van der Waals surface area contributed by atoms with Gasteiger partial charge in [0, 0.05) is 25.5 Å². The normalized spacial score (nSPS) is 15.5. The van der Waals surface area contributed by atoms with Crippen LogP contribution in [-0.2, 0) is 26.1 Å². The number of benzene rings is 1. The molecule has 152 valence electrons. The van der Waals surface area contributed by atoms with Gasteiger partial charge in [-0.05, 0) is 42.3 Å². The third kappa shape index (κ3) is 4.16. The van der Waals surface area contributed by atoms with Gasteiger partial charge >= 0.3 is 5.97 Å². The number of rotatable bonds is 5. The maximum atomic E-state index is 12.8. The molecule has 2 aromatic heterocycles. The van der Waals surface area contributed by atoms with Crippen LogP contribution in [0, 0.1) is 6.92 Å². The Morgan fingerprint density at radius 3 is 2.79 bits per heavy atom. The first-order valence-electron chi connectivity index (χ1n) is 9.23. The predicted octanol–water partition coefficient (Wildman–Crippen LogP) is 2.02. The number of pyridine rings is 1. The quantitative estimate of drug-likeness (QED) is 0.592. The number of hydrogen-bond acceptors (Lipinski definition) is 6. The Balaban J connectivity index is 1.47. The molecule has 9 heteroatoms. The number of sulfonamides is 1. The molecule has 0 atom stereocenters. The first kappa shape index (κ1) is 19.6. The van der Waals surface area contributed by atoms with Gasteiger partial charge in [-0.2, -0.15) is 4.31 Å². The molecular weight excluding hydrogens is 394 g/mol. The summed E-state index contributed by atoms with van der Waals surface area (Å²) in [6, 6.07) is 10.2. The van der Waals surface area contributed by atoms with Crippen LogP contribution in [0.5, 0.6) is 0 Å². The zero-order valence-electron chi connectivity index (χ0n) is 15.9. The Hall–Kier alpha value is -2.75. The molecule has 1 aliphatic heterocycles. The molecule has 0 bridgehead atoms. The number of fused-ring (bicyclic) bond motifs is 1. The highest BCUT2D eigenvalue weighted by molar-refractivity contribution is 7.89. The molecule has 0 N–H and O–H groups in total. The van der Waals surface area contributed by atoms with Gasteiger partial charge < -0.3 is 13.9 Å². The summed E-state index contributed by atoms with van der Waals surface area (Å²) >= 11 is 0. The second-order valence-corrected chi connectivity index (χ2v) is 8.77. The van der Waals surface area contributed by atoms with E-state index in [-0.39, 0.29) is 17.2 Å². The summed E-state index contributed by atoms with van der Waals surface area (Å²) in [4.78, 5) is 16.8. The molecule has 1 aromatic carbocycles. The monoisotopic (exact) mass is 415 g/mol. The van der Waals surface area contributed by atoms with Crippen LogP contribution in [0.4, 0.5) is 0 Å². The number of esters is 1. The lowest BCUT2D eigenvalue weighted by atomic mass is 10.2. The van der Waals surface area contributed by atoms with Gasteiger partial charge in [-0.3, -0.25) is 0 Å². The molecule has 0 amide bonds. The minimum absolute atomic E-state index is 0.0434. The summed E-state index contributed by atoms with van der Waals surface area (Å²) in [6.07, 6.45) is 3.44. The van der Waals surface area contributed by atoms with Gasteiger partial charge in [0.05, 0.1) is 18.1 Å². The van der Waals surface area contributed by atoms with Crippen LogP contribution in [0.25, 0.3) is 5.65 Å². The topological polar surface area (TPSA) is 90.2 Å². The van der Waals surface area contributed by atoms with E-state index in [0.29, 0.717) is 37.5 Å². The molecule has 0 saturated carbocycles. The Morgan fingerprint density at radius 1 is 1.21 bits per heavy atom. The molecule has 0 radical (unpaired) electrons. The third-order valence-corrected chi connectivity index (χ3v) is 6.60. The number of ether oxygens (including phenoxy) is 2. The Kier molecular flexibility index (Phi) is 5.35. The second kappa shape index (κ2) is 7.94. The molecule has 0 aliphatic carbocycles. The average molecular weight is 415 g/mol. The van der Waals surface area contributed by atoms with Crippen LogP contribution in [0.3, 0.4) is 0 Å². The minimum atomic E-state index is -3.60. The Morgan fingerprint density at radius 2 is 2.00 bits per heavy atom. The van der Waals surface area contributed by atoms with Crippen LogP contribution in [0.1, 0.15) is 21.6 Å². The van der Waals surface area contributed by atoms with Crippen molar-refractivity contribution in [2.75, 3.05) is 26.3 Å². The van der Waals surface area contributed by atoms with Crippen LogP contribution in [0.15, 0.2) is 53.7 Å². The maximum Gasteiger partial charge on any atom is 0.358 e. The third-order valence-electron chi connectivity index (χ3n) is 4.70. The number of nitrogens with zero attached hydrogens (tertiary/aromatic N) is 3. The minimum Gasteiger partial charge on any atom is -0.456 e. The molecule has 1 aliphatic rings.